The van der Waals surface area contributed by atoms with Crippen LogP contribution in [0.15, 0.2) is 35.9 Å². The molecule has 0 bridgehead atoms. The van der Waals surface area contributed by atoms with E-state index in [2.05, 4.69) is 26.4 Å². The van der Waals surface area contributed by atoms with E-state index in [1.54, 1.807) is 22.4 Å². The van der Waals surface area contributed by atoms with Crippen molar-refractivity contribution >= 4 is 22.6 Å². The van der Waals surface area contributed by atoms with Gasteiger partial charge in [-0.25, -0.2) is 9.67 Å². The second-order valence-corrected chi connectivity index (χ2v) is 7.75. The second-order valence-electron chi connectivity index (χ2n) is 7.75. The van der Waals surface area contributed by atoms with Gasteiger partial charge in [-0.2, -0.15) is 9.97 Å². The lowest BCUT2D eigenvalue weighted by atomic mass is 10.1. The van der Waals surface area contributed by atoms with Crippen LogP contribution in [0.5, 0.6) is 5.88 Å². The summed E-state index contributed by atoms with van der Waals surface area (Å²) in [7, 11) is 1.56. The fourth-order valence-electron chi connectivity index (χ4n) is 4.06. The Morgan fingerprint density at radius 1 is 1.21 bits per heavy atom. The molecule has 2 aliphatic rings. The minimum absolute atomic E-state index is 0.338. The molecule has 1 fully saturated rings. The maximum absolute atomic E-state index is 10.4. The van der Waals surface area contributed by atoms with Gasteiger partial charge in [0.25, 0.3) is 5.95 Å². The third-order valence-corrected chi connectivity index (χ3v) is 5.74. The number of fused-ring (bicyclic) bond motifs is 1. The van der Waals surface area contributed by atoms with Crippen LogP contribution in [0.1, 0.15) is 24.4 Å². The lowest BCUT2D eigenvalue weighted by Crippen LogP contribution is -2.37. The Bertz CT molecular complexity index is 1350. The van der Waals surface area contributed by atoms with Gasteiger partial charge in [0.2, 0.25) is 5.88 Å². The van der Waals surface area contributed by atoms with Gasteiger partial charge >= 0.3 is 0 Å². The number of aliphatic hydroxyl groups excluding tert-OH is 2. The Hall–Kier alpha value is -3.72. The lowest BCUT2D eigenvalue weighted by Gasteiger charge is -2.28. The number of aliphatic hydroxyl groups is 2. The smallest absolute Gasteiger partial charge is 0.254 e. The number of hydrogen-bond acceptors (Lipinski definition) is 9. The van der Waals surface area contributed by atoms with Crippen LogP contribution >= 0.6 is 0 Å². The molecule has 1 saturated heterocycles. The van der Waals surface area contributed by atoms with Crippen molar-refractivity contribution in [3.63, 3.8) is 0 Å². The Morgan fingerprint density at radius 3 is 2.71 bits per heavy atom. The third-order valence-electron chi connectivity index (χ3n) is 5.74. The van der Waals surface area contributed by atoms with E-state index in [1.165, 1.54) is 0 Å². The van der Waals surface area contributed by atoms with Gasteiger partial charge in [0.05, 0.1) is 32.5 Å². The van der Waals surface area contributed by atoms with E-state index in [1.807, 2.05) is 25.3 Å². The minimum atomic E-state index is -1.13. The summed E-state index contributed by atoms with van der Waals surface area (Å²) in [5.41, 5.74) is 8.59. The fourth-order valence-corrected chi connectivity index (χ4v) is 4.06. The zero-order valence-electron chi connectivity index (χ0n) is 19.0. The van der Waals surface area contributed by atoms with Crippen LogP contribution in [-0.4, -0.2) is 79.5 Å². The third kappa shape index (κ3) is 3.81. The Labute approximate surface area is 195 Å². The lowest BCUT2D eigenvalue weighted by molar-refractivity contribution is 0.0861. The topological polar surface area (TPSA) is 124 Å². The number of nitrogens with zero attached hydrogens (tertiary/aromatic N) is 7. The predicted octanol–water partition coefficient (Wildman–Crippen LogP) is 1.17. The number of aryl methyl sites for hydroxylation is 1. The molecule has 0 radical (unpaired) electrons. The molecule has 3 aromatic rings. The number of aromatic nitrogens is 6. The highest BCUT2D eigenvalue weighted by molar-refractivity contribution is 5.85. The molecule has 11 heteroatoms. The molecule has 1 aliphatic heterocycles. The molecule has 1 atom stereocenters. The van der Waals surface area contributed by atoms with E-state index in [-0.39, 0.29) is 0 Å². The van der Waals surface area contributed by atoms with E-state index in [0.29, 0.717) is 67.5 Å². The summed E-state index contributed by atoms with van der Waals surface area (Å²) >= 11 is 0. The largest absolute Gasteiger partial charge is 0.479 e. The highest BCUT2D eigenvalue weighted by atomic mass is 16.5. The zero-order valence-corrected chi connectivity index (χ0v) is 19.0. The molecule has 11 nitrogen and oxygen atoms in total. The summed E-state index contributed by atoms with van der Waals surface area (Å²) < 4.78 is 14.4. The van der Waals surface area contributed by atoms with Crippen molar-refractivity contribution in [2.75, 3.05) is 44.9 Å². The average molecular weight is 463 g/mol. The molecule has 34 heavy (non-hydrogen) atoms. The van der Waals surface area contributed by atoms with E-state index in [4.69, 9.17) is 19.4 Å². The molecule has 1 unspecified atom stereocenters. The molecule has 0 spiro atoms. The number of anilines is 1. The second kappa shape index (κ2) is 9.26. The van der Waals surface area contributed by atoms with Crippen LogP contribution in [-0.2, 0) is 11.3 Å². The molecule has 3 aromatic heterocycles. The van der Waals surface area contributed by atoms with Gasteiger partial charge in [-0.3, -0.25) is 0 Å². The molecular weight excluding hydrogens is 438 g/mol. The van der Waals surface area contributed by atoms with Gasteiger partial charge < -0.3 is 29.2 Å². The summed E-state index contributed by atoms with van der Waals surface area (Å²) in [5.74, 6) is 1.73. The summed E-state index contributed by atoms with van der Waals surface area (Å²) in [4.78, 5) is 16.3. The van der Waals surface area contributed by atoms with Crippen molar-refractivity contribution in [3.05, 3.63) is 47.3 Å². The molecule has 5 rings (SSSR count). The number of hydrogen-bond donors (Lipinski definition) is 2. The highest BCUT2D eigenvalue weighted by Gasteiger charge is 2.26. The molecule has 0 saturated carbocycles. The first kappa shape index (κ1) is 22.1. The summed E-state index contributed by atoms with van der Waals surface area (Å²) in [6.07, 6.45) is 6.17. The van der Waals surface area contributed by atoms with Crippen molar-refractivity contribution in [2.24, 2.45) is 0 Å². The van der Waals surface area contributed by atoms with Crippen molar-refractivity contribution in [2.45, 2.75) is 19.6 Å². The molecule has 2 N–H and O–H groups in total. The number of allylic oxidation sites excluding steroid dienone is 4. The van der Waals surface area contributed by atoms with Crippen LogP contribution in [0.25, 0.3) is 22.7 Å². The Kier molecular flexibility index (Phi) is 6.02. The van der Waals surface area contributed by atoms with Crippen molar-refractivity contribution < 1.29 is 19.7 Å². The minimum Gasteiger partial charge on any atom is -0.479 e. The van der Waals surface area contributed by atoms with E-state index < -0.39 is 12.7 Å². The first-order chi connectivity index (χ1) is 16.6. The molecule has 176 valence electrons. The SMILES string of the molecule is CCn1c(C(O)CO)nc2c(N3CCOCC3)nc(-n3cc(C4=CC=C=C=C4)c(OC)n3)nc21. The maximum Gasteiger partial charge on any atom is 0.254 e. The normalized spacial score (nSPS) is 16.4. The molecular formula is C23H25N7O4. The van der Waals surface area contributed by atoms with Crippen molar-refractivity contribution in [3.8, 4) is 11.8 Å². The number of imidazole rings is 1. The van der Waals surface area contributed by atoms with E-state index >= 15 is 0 Å². The molecule has 1 aliphatic carbocycles. The number of morpholine rings is 1. The van der Waals surface area contributed by atoms with Gasteiger partial charge in [-0.15, -0.1) is 5.10 Å². The van der Waals surface area contributed by atoms with Crippen molar-refractivity contribution in [1.82, 2.24) is 29.3 Å². The van der Waals surface area contributed by atoms with Gasteiger partial charge in [-0.05, 0) is 30.7 Å². The highest BCUT2D eigenvalue weighted by Crippen LogP contribution is 2.31. The number of rotatable bonds is 7. The first-order valence-corrected chi connectivity index (χ1v) is 11.1. The maximum atomic E-state index is 10.4. The fraction of sp³-hybridized carbons (Fsp3) is 0.391. The predicted molar refractivity (Wildman–Crippen MR) is 124 cm³/mol. The van der Waals surface area contributed by atoms with Gasteiger partial charge in [0.1, 0.15) is 11.9 Å². The van der Waals surface area contributed by atoms with Gasteiger partial charge in [-0.1, -0.05) is 11.5 Å². The van der Waals surface area contributed by atoms with Crippen LogP contribution in [0.3, 0.4) is 0 Å². The standard InChI is InChI=1S/C23H25N7O4/c1-3-29-19(17(32)14-31)24-18-20(28-9-11-34-12-10-28)25-23(26-21(18)29)30-13-16(22(27-30)33-2)15-7-5-4-6-8-15/h5,7-8,13,17,31-32H,3,9-12,14H2,1-2H3. The van der Waals surface area contributed by atoms with Crippen LogP contribution < -0.4 is 9.64 Å². The van der Waals surface area contributed by atoms with Gasteiger partial charge in [0.15, 0.2) is 17.0 Å². The van der Waals surface area contributed by atoms with Crippen LogP contribution in [0.2, 0.25) is 0 Å². The summed E-state index contributed by atoms with van der Waals surface area (Å²) in [6.45, 7) is 4.43. The molecule has 4 heterocycles. The zero-order chi connectivity index (χ0) is 23.7. The number of methoxy groups -OCH3 is 1. The number of ether oxygens (including phenoxy) is 2. The summed E-state index contributed by atoms with van der Waals surface area (Å²) in [6, 6.07) is 0. The van der Waals surface area contributed by atoms with Crippen LogP contribution in [0, 0.1) is 0 Å². The van der Waals surface area contributed by atoms with Crippen molar-refractivity contribution in [1.29, 1.82) is 0 Å². The quantitative estimate of drug-likeness (QED) is 0.497. The Balaban J connectivity index is 1.70. The summed E-state index contributed by atoms with van der Waals surface area (Å²) in [5, 5.41) is 24.5. The van der Waals surface area contributed by atoms with Gasteiger partial charge in [0, 0.05) is 25.8 Å². The Morgan fingerprint density at radius 2 is 2.03 bits per heavy atom. The monoisotopic (exact) mass is 463 g/mol. The first-order valence-electron chi connectivity index (χ1n) is 11.1. The molecule has 0 aromatic carbocycles. The average Bonchev–Trinajstić information content (AvgIpc) is 3.50. The van der Waals surface area contributed by atoms with Crippen LogP contribution in [0.4, 0.5) is 5.82 Å². The van der Waals surface area contributed by atoms with E-state index in [9.17, 15) is 10.2 Å². The van der Waals surface area contributed by atoms with E-state index in [0.717, 1.165) is 11.1 Å². The molecule has 0 amide bonds.